The van der Waals surface area contributed by atoms with Crippen LogP contribution in [0.3, 0.4) is 0 Å². The summed E-state index contributed by atoms with van der Waals surface area (Å²) in [6.07, 6.45) is -7.43. The highest BCUT2D eigenvalue weighted by Gasteiger charge is 2.28. The van der Waals surface area contributed by atoms with Crippen LogP contribution in [0.4, 0.5) is 17.6 Å². The Kier molecular flexibility index (Phi) is 4.15. The second-order valence-electron chi connectivity index (χ2n) is 3.31. The Morgan fingerprint density at radius 2 is 1.94 bits per heavy atom. The predicted octanol–water partition coefficient (Wildman–Crippen LogP) is 3.86. The highest BCUT2D eigenvalue weighted by molar-refractivity contribution is 6.31. The molecule has 1 atom stereocenters. The fourth-order valence-electron chi connectivity index (χ4n) is 1.23. The van der Waals surface area contributed by atoms with Gasteiger partial charge >= 0.3 is 6.18 Å². The molecule has 1 aromatic carbocycles. The third-order valence-electron chi connectivity index (χ3n) is 2.04. The molecule has 6 heteroatoms. The summed E-state index contributed by atoms with van der Waals surface area (Å²) >= 11 is 5.52. The second-order valence-corrected chi connectivity index (χ2v) is 3.69. The number of hydrogen-bond donors (Lipinski definition) is 1. The Morgan fingerprint density at radius 3 is 2.50 bits per heavy atom. The van der Waals surface area contributed by atoms with Crippen LogP contribution in [0, 0.1) is 5.82 Å². The molecule has 16 heavy (non-hydrogen) atoms. The molecular formula is C10H9ClF4O. The van der Waals surface area contributed by atoms with E-state index in [1.54, 1.807) is 0 Å². The zero-order valence-corrected chi connectivity index (χ0v) is 8.82. The maximum absolute atomic E-state index is 12.9. The molecule has 0 amide bonds. The molecule has 0 saturated heterocycles. The van der Waals surface area contributed by atoms with E-state index in [0.29, 0.717) is 0 Å². The first-order chi connectivity index (χ1) is 7.31. The Balaban J connectivity index is 2.73. The Morgan fingerprint density at radius 1 is 1.31 bits per heavy atom. The molecule has 1 aromatic rings. The average Bonchev–Trinajstić information content (AvgIpc) is 2.17. The molecule has 1 nitrogen and oxygen atoms in total. The van der Waals surface area contributed by atoms with Gasteiger partial charge in [0.25, 0.3) is 0 Å². The number of aliphatic hydroxyl groups is 1. The van der Waals surface area contributed by atoms with Crippen molar-refractivity contribution < 1.29 is 22.7 Å². The van der Waals surface area contributed by atoms with E-state index in [-0.39, 0.29) is 10.6 Å². The summed E-state index contributed by atoms with van der Waals surface area (Å²) in [5, 5.41) is 9.10. The number of halogens is 5. The van der Waals surface area contributed by atoms with Crippen molar-refractivity contribution in [1.82, 2.24) is 0 Å². The number of aliphatic hydroxyl groups excluding tert-OH is 1. The van der Waals surface area contributed by atoms with Crippen LogP contribution in [0.5, 0.6) is 0 Å². The van der Waals surface area contributed by atoms with Crippen LogP contribution >= 0.6 is 11.6 Å². The first-order valence-electron chi connectivity index (χ1n) is 4.50. The number of hydrogen-bond acceptors (Lipinski definition) is 1. The number of alkyl halides is 3. The molecule has 0 spiro atoms. The van der Waals surface area contributed by atoms with Gasteiger partial charge in [0.05, 0.1) is 11.1 Å². The second kappa shape index (κ2) is 5.01. The zero-order chi connectivity index (χ0) is 12.3. The molecule has 1 N–H and O–H groups in total. The maximum Gasteiger partial charge on any atom is 0.389 e. The van der Waals surface area contributed by atoms with Gasteiger partial charge < -0.3 is 5.11 Å². The summed E-state index contributed by atoms with van der Waals surface area (Å²) in [6.45, 7) is 0. The quantitative estimate of drug-likeness (QED) is 0.815. The van der Waals surface area contributed by atoms with E-state index in [1.165, 1.54) is 12.1 Å². The topological polar surface area (TPSA) is 20.2 Å². The first-order valence-corrected chi connectivity index (χ1v) is 4.88. The lowest BCUT2D eigenvalue weighted by Crippen LogP contribution is -2.10. The summed E-state index contributed by atoms with van der Waals surface area (Å²) in [7, 11) is 0. The maximum atomic E-state index is 12.9. The molecule has 1 unspecified atom stereocenters. The van der Waals surface area contributed by atoms with Crippen LogP contribution in [0.1, 0.15) is 24.5 Å². The Bertz CT molecular complexity index is 364. The average molecular weight is 257 g/mol. The largest absolute Gasteiger partial charge is 0.389 e. The standard InChI is InChI=1S/C10H9ClF4O/c11-9-6(2-1-3-7(9)12)8(16)4-5-10(13,14)15/h1-3,8,16H,4-5H2. The zero-order valence-electron chi connectivity index (χ0n) is 8.06. The van der Waals surface area contributed by atoms with Gasteiger partial charge in [-0.15, -0.1) is 0 Å². The van der Waals surface area contributed by atoms with Crippen molar-refractivity contribution in [1.29, 1.82) is 0 Å². The highest BCUT2D eigenvalue weighted by atomic mass is 35.5. The van der Waals surface area contributed by atoms with Gasteiger partial charge in [0.1, 0.15) is 5.82 Å². The molecule has 0 aliphatic rings. The van der Waals surface area contributed by atoms with Crippen LogP contribution < -0.4 is 0 Å². The van der Waals surface area contributed by atoms with Crippen molar-refractivity contribution in [2.24, 2.45) is 0 Å². The van der Waals surface area contributed by atoms with Gasteiger partial charge in [-0.05, 0) is 12.5 Å². The van der Waals surface area contributed by atoms with Gasteiger partial charge in [0, 0.05) is 12.0 Å². The van der Waals surface area contributed by atoms with Crippen molar-refractivity contribution in [3.8, 4) is 0 Å². The van der Waals surface area contributed by atoms with Crippen LogP contribution in [-0.2, 0) is 0 Å². The minimum absolute atomic E-state index is 0.0223. The van der Waals surface area contributed by atoms with E-state index in [9.17, 15) is 22.7 Å². The van der Waals surface area contributed by atoms with Crippen molar-refractivity contribution >= 4 is 11.6 Å². The van der Waals surface area contributed by atoms with Crippen molar-refractivity contribution in [2.45, 2.75) is 25.1 Å². The summed E-state index contributed by atoms with van der Waals surface area (Å²) in [6, 6.07) is 3.65. The summed E-state index contributed by atoms with van der Waals surface area (Å²) < 4.78 is 48.6. The third-order valence-corrected chi connectivity index (χ3v) is 2.44. The summed E-state index contributed by atoms with van der Waals surface area (Å²) in [4.78, 5) is 0. The monoisotopic (exact) mass is 256 g/mol. The van der Waals surface area contributed by atoms with Gasteiger partial charge in [-0.3, -0.25) is 0 Å². The molecule has 1 rings (SSSR count). The molecule has 0 heterocycles. The summed E-state index contributed by atoms with van der Waals surface area (Å²) in [5.41, 5.74) is -0.0223. The Hall–Kier alpha value is -0.810. The Labute approximate surface area is 94.7 Å². The van der Waals surface area contributed by atoms with Gasteiger partial charge in [-0.25, -0.2) is 4.39 Å². The van der Waals surface area contributed by atoms with E-state index in [2.05, 4.69) is 0 Å². The first kappa shape index (κ1) is 13.3. The van der Waals surface area contributed by atoms with E-state index < -0.39 is 30.9 Å². The van der Waals surface area contributed by atoms with Gasteiger partial charge in [-0.2, -0.15) is 13.2 Å². The molecule has 0 radical (unpaired) electrons. The number of benzene rings is 1. The molecule has 0 bridgehead atoms. The third kappa shape index (κ3) is 3.64. The smallest absolute Gasteiger partial charge is 0.388 e. The van der Waals surface area contributed by atoms with Crippen molar-refractivity contribution in [2.75, 3.05) is 0 Å². The van der Waals surface area contributed by atoms with Gasteiger partial charge in [0.2, 0.25) is 0 Å². The molecule has 0 aliphatic carbocycles. The molecule has 0 aliphatic heterocycles. The normalized spacial score (nSPS) is 13.9. The number of rotatable bonds is 3. The van der Waals surface area contributed by atoms with Crippen LogP contribution in [0.15, 0.2) is 18.2 Å². The minimum atomic E-state index is -4.35. The molecule has 90 valence electrons. The molecule has 0 aromatic heterocycles. The molecular weight excluding hydrogens is 248 g/mol. The lowest BCUT2D eigenvalue weighted by molar-refractivity contribution is -0.140. The predicted molar refractivity (Wildman–Crippen MR) is 51.7 cm³/mol. The summed E-state index contributed by atoms with van der Waals surface area (Å²) in [5.74, 6) is -0.759. The highest BCUT2D eigenvalue weighted by Crippen LogP contribution is 2.31. The van der Waals surface area contributed by atoms with Crippen molar-refractivity contribution in [3.05, 3.63) is 34.6 Å². The van der Waals surface area contributed by atoms with Crippen LogP contribution in [0.25, 0.3) is 0 Å². The van der Waals surface area contributed by atoms with Crippen molar-refractivity contribution in [3.63, 3.8) is 0 Å². The van der Waals surface area contributed by atoms with E-state index >= 15 is 0 Å². The fraction of sp³-hybridized carbons (Fsp3) is 0.400. The van der Waals surface area contributed by atoms with E-state index in [1.807, 2.05) is 0 Å². The van der Waals surface area contributed by atoms with Crippen LogP contribution in [-0.4, -0.2) is 11.3 Å². The van der Waals surface area contributed by atoms with E-state index in [0.717, 1.165) is 6.07 Å². The lowest BCUT2D eigenvalue weighted by atomic mass is 10.0. The lowest BCUT2D eigenvalue weighted by Gasteiger charge is -2.14. The fourth-order valence-corrected chi connectivity index (χ4v) is 1.49. The van der Waals surface area contributed by atoms with Gasteiger partial charge in [0.15, 0.2) is 0 Å². The van der Waals surface area contributed by atoms with Gasteiger partial charge in [-0.1, -0.05) is 23.7 Å². The van der Waals surface area contributed by atoms with E-state index in [4.69, 9.17) is 11.6 Å². The van der Waals surface area contributed by atoms with Crippen LogP contribution in [0.2, 0.25) is 5.02 Å². The minimum Gasteiger partial charge on any atom is -0.388 e. The molecule has 0 saturated carbocycles. The SMILES string of the molecule is OC(CCC(F)(F)F)c1cccc(F)c1Cl. The molecule has 0 fully saturated rings.